The lowest BCUT2D eigenvalue weighted by Gasteiger charge is -2.13. The third kappa shape index (κ3) is 2.79. The Bertz CT molecular complexity index is 312. The molecule has 1 aromatic carbocycles. The molecule has 0 amide bonds. The lowest BCUT2D eigenvalue weighted by atomic mass is 10.1. The van der Waals surface area contributed by atoms with E-state index in [4.69, 9.17) is 0 Å². The Kier molecular flexibility index (Phi) is 4.41. The standard InChI is InChI=1S/C10H11BrIN/c1-3-10(13-2)8-6-7(11)4-5-9(8)12/h3-6,10,13H,1H2,2H3. The SMILES string of the molecule is C=CC(NC)c1cc(Br)ccc1I. The van der Waals surface area contributed by atoms with Gasteiger partial charge in [-0.15, -0.1) is 6.58 Å². The number of benzene rings is 1. The van der Waals surface area contributed by atoms with Gasteiger partial charge in [0.05, 0.1) is 6.04 Å². The van der Waals surface area contributed by atoms with Gasteiger partial charge in [-0.1, -0.05) is 22.0 Å². The number of hydrogen-bond donors (Lipinski definition) is 1. The summed E-state index contributed by atoms with van der Waals surface area (Å²) in [4.78, 5) is 0. The molecule has 0 bridgehead atoms. The van der Waals surface area contributed by atoms with Crippen LogP contribution in [0.1, 0.15) is 11.6 Å². The summed E-state index contributed by atoms with van der Waals surface area (Å²) in [5, 5.41) is 3.19. The van der Waals surface area contributed by atoms with Crippen LogP contribution < -0.4 is 5.32 Å². The Labute approximate surface area is 101 Å². The summed E-state index contributed by atoms with van der Waals surface area (Å²) >= 11 is 5.79. The molecule has 13 heavy (non-hydrogen) atoms. The highest BCUT2D eigenvalue weighted by Gasteiger charge is 2.08. The van der Waals surface area contributed by atoms with Gasteiger partial charge in [-0.2, -0.15) is 0 Å². The van der Waals surface area contributed by atoms with Crippen molar-refractivity contribution in [3.8, 4) is 0 Å². The van der Waals surface area contributed by atoms with Gasteiger partial charge in [0.25, 0.3) is 0 Å². The summed E-state index contributed by atoms with van der Waals surface area (Å²) in [6, 6.07) is 6.48. The molecule has 1 rings (SSSR count). The maximum Gasteiger partial charge on any atom is 0.0512 e. The molecular formula is C10H11BrIN. The molecular weight excluding hydrogens is 341 g/mol. The van der Waals surface area contributed by atoms with Gasteiger partial charge in [0.1, 0.15) is 0 Å². The molecule has 0 aliphatic heterocycles. The first kappa shape index (κ1) is 11.2. The number of rotatable bonds is 3. The molecule has 1 aromatic rings. The summed E-state index contributed by atoms with van der Waals surface area (Å²) < 4.78 is 2.35. The van der Waals surface area contributed by atoms with E-state index in [-0.39, 0.29) is 6.04 Å². The third-order valence-corrected chi connectivity index (χ3v) is 3.32. The van der Waals surface area contributed by atoms with Gasteiger partial charge >= 0.3 is 0 Å². The number of hydrogen-bond acceptors (Lipinski definition) is 1. The van der Waals surface area contributed by atoms with Crippen molar-refractivity contribution in [1.29, 1.82) is 0 Å². The molecule has 1 unspecified atom stereocenters. The molecule has 3 heteroatoms. The van der Waals surface area contributed by atoms with Crippen molar-refractivity contribution < 1.29 is 0 Å². The van der Waals surface area contributed by atoms with E-state index < -0.39 is 0 Å². The van der Waals surface area contributed by atoms with Crippen molar-refractivity contribution in [2.75, 3.05) is 7.05 Å². The maximum atomic E-state index is 3.80. The minimum absolute atomic E-state index is 0.226. The second-order valence-electron chi connectivity index (χ2n) is 2.67. The normalized spacial score (nSPS) is 12.5. The van der Waals surface area contributed by atoms with Gasteiger partial charge < -0.3 is 5.32 Å². The van der Waals surface area contributed by atoms with E-state index >= 15 is 0 Å². The minimum atomic E-state index is 0.226. The van der Waals surface area contributed by atoms with Gasteiger partial charge in [0.15, 0.2) is 0 Å². The second kappa shape index (κ2) is 5.12. The molecule has 1 N–H and O–H groups in total. The minimum Gasteiger partial charge on any atom is -0.310 e. The second-order valence-corrected chi connectivity index (χ2v) is 4.75. The van der Waals surface area contributed by atoms with Crippen LogP contribution in [-0.4, -0.2) is 7.05 Å². The fourth-order valence-electron chi connectivity index (χ4n) is 1.15. The van der Waals surface area contributed by atoms with E-state index in [0.29, 0.717) is 0 Å². The van der Waals surface area contributed by atoms with Crippen molar-refractivity contribution in [1.82, 2.24) is 5.32 Å². The summed E-state index contributed by atoms with van der Waals surface area (Å²) in [7, 11) is 1.93. The summed E-state index contributed by atoms with van der Waals surface area (Å²) in [6.45, 7) is 3.80. The molecule has 1 atom stereocenters. The van der Waals surface area contributed by atoms with Gasteiger partial charge in [-0.05, 0) is 53.4 Å². The van der Waals surface area contributed by atoms with Crippen molar-refractivity contribution in [3.63, 3.8) is 0 Å². The highest BCUT2D eigenvalue weighted by atomic mass is 127. The van der Waals surface area contributed by atoms with Crippen LogP contribution in [0.2, 0.25) is 0 Å². The summed E-state index contributed by atoms with van der Waals surface area (Å²) in [5.41, 5.74) is 1.26. The zero-order chi connectivity index (χ0) is 9.84. The van der Waals surface area contributed by atoms with E-state index in [1.807, 2.05) is 19.2 Å². The average molecular weight is 352 g/mol. The fourth-order valence-corrected chi connectivity index (χ4v) is 2.20. The Morgan fingerprint density at radius 3 is 2.85 bits per heavy atom. The van der Waals surface area contributed by atoms with Crippen LogP contribution in [-0.2, 0) is 0 Å². The van der Waals surface area contributed by atoms with Crippen LogP contribution in [0, 0.1) is 3.57 Å². The van der Waals surface area contributed by atoms with Crippen LogP contribution >= 0.6 is 38.5 Å². The van der Waals surface area contributed by atoms with E-state index in [9.17, 15) is 0 Å². The maximum absolute atomic E-state index is 3.80. The van der Waals surface area contributed by atoms with Gasteiger partial charge in [0, 0.05) is 8.04 Å². The van der Waals surface area contributed by atoms with Crippen LogP contribution in [0.4, 0.5) is 0 Å². The quantitative estimate of drug-likeness (QED) is 0.649. The van der Waals surface area contributed by atoms with Crippen molar-refractivity contribution in [3.05, 3.63) is 44.5 Å². The first-order valence-corrected chi connectivity index (χ1v) is 5.81. The lowest BCUT2D eigenvalue weighted by molar-refractivity contribution is 0.712. The predicted octanol–water partition coefficient (Wildman–Crippen LogP) is 3.50. The molecule has 0 fully saturated rings. The molecule has 0 radical (unpaired) electrons. The summed E-state index contributed by atoms with van der Waals surface area (Å²) in [5.74, 6) is 0. The molecule has 70 valence electrons. The first-order valence-electron chi connectivity index (χ1n) is 3.93. The van der Waals surface area contributed by atoms with E-state index in [1.54, 1.807) is 0 Å². The largest absolute Gasteiger partial charge is 0.310 e. The predicted molar refractivity (Wildman–Crippen MR) is 68.9 cm³/mol. The molecule has 0 saturated carbocycles. The van der Waals surface area contributed by atoms with Crippen LogP contribution in [0.5, 0.6) is 0 Å². The molecule has 0 aliphatic rings. The van der Waals surface area contributed by atoms with E-state index in [0.717, 1.165) is 4.47 Å². The Hall–Kier alpha value is 0.130. The molecule has 0 heterocycles. The fraction of sp³-hybridized carbons (Fsp3) is 0.200. The number of likely N-dealkylation sites (N-methyl/N-ethyl adjacent to an activating group) is 1. The average Bonchev–Trinajstić information content (AvgIpc) is 2.13. The van der Waals surface area contributed by atoms with Crippen molar-refractivity contribution >= 4 is 38.5 Å². The van der Waals surface area contributed by atoms with Crippen molar-refractivity contribution in [2.45, 2.75) is 6.04 Å². The molecule has 0 aliphatic carbocycles. The molecule has 1 nitrogen and oxygen atoms in total. The molecule has 0 aromatic heterocycles. The van der Waals surface area contributed by atoms with Gasteiger partial charge in [-0.3, -0.25) is 0 Å². The zero-order valence-corrected chi connectivity index (χ0v) is 11.1. The van der Waals surface area contributed by atoms with Crippen LogP contribution in [0.3, 0.4) is 0 Å². The third-order valence-electron chi connectivity index (χ3n) is 1.84. The van der Waals surface area contributed by atoms with Crippen LogP contribution in [0.25, 0.3) is 0 Å². The van der Waals surface area contributed by atoms with Crippen molar-refractivity contribution in [2.24, 2.45) is 0 Å². The highest BCUT2D eigenvalue weighted by molar-refractivity contribution is 14.1. The van der Waals surface area contributed by atoms with E-state index in [1.165, 1.54) is 9.13 Å². The van der Waals surface area contributed by atoms with Crippen LogP contribution in [0.15, 0.2) is 35.3 Å². The van der Waals surface area contributed by atoms with Gasteiger partial charge in [0.2, 0.25) is 0 Å². The van der Waals surface area contributed by atoms with E-state index in [2.05, 4.69) is 62.5 Å². The lowest BCUT2D eigenvalue weighted by Crippen LogP contribution is -2.14. The van der Waals surface area contributed by atoms with Gasteiger partial charge in [-0.25, -0.2) is 0 Å². The zero-order valence-electron chi connectivity index (χ0n) is 7.35. The number of nitrogens with one attached hydrogen (secondary N) is 1. The molecule has 0 spiro atoms. The topological polar surface area (TPSA) is 12.0 Å². The summed E-state index contributed by atoms with van der Waals surface area (Å²) in [6.07, 6.45) is 1.91. The highest BCUT2D eigenvalue weighted by Crippen LogP contribution is 2.24. The smallest absolute Gasteiger partial charge is 0.0512 e. The Morgan fingerprint density at radius 1 is 1.62 bits per heavy atom. The molecule has 0 saturated heterocycles. The first-order chi connectivity index (χ1) is 6.19. The Morgan fingerprint density at radius 2 is 2.31 bits per heavy atom. The monoisotopic (exact) mass is 351 g/mol. The Balaban J connectivity index is 3.10. The number of halogens is 2.